The molecule has 0 bridgehead atoms. The number of phosphoric acid groups is 1. The van der Waals surface area contributed by atoms with Gasteiger partial charge >= 0.3 is 13.8 Å². The van der Waals surface area contributed by atoms with E-state index >= 15 is 0 Å². The van der Waals surface area contributed by atoms with Crippen molar-refractivity contribution >= 4 is 19.7 Å². The summed E-state index contributed by atoms with van der Waals surface area (Å²) in [5.41, 5.74) is 0. The van der Waals surface area contributed by atoms with Crippen LogP contribution in [0.4, 0.5) is 0 Å². The number of esters is 1. The van der Waals surface area contributed by atoms with Crippen LogP contribution >= 0.6 is 7.82 Å². The van der Waals surface area contributed by atoms with Crippen molar-refractivity contribution in [3.05, 3.63) is 97.2 Å². The van der Waals surface area contributed by atoms with Crippen LogP contribution < -0.4 is 5.32 Å². The molecule has 0 fully saturated rings. The fourth-order valence-corrected chi connectivity index (χ4v) is 11.1. The van der Waals surface area contributed by atoms with Crippen molar-refractivity contribution in [2.24, 2.45) is 0 Å². The van der Waals surface area contributed by atoms with Gasteiger partial charge < -0.3 is 19.4 Å². The van der Waals surface area contributed by atoms with Gasteiger partial charge in [0.2, 0.25) is 5.91 Å². The minimum absolute atomic E-state index is 0.0350. The molecule has 3 atom stereocenters. The zero-order valence-corrected chi connectivity index (χ0v) is 58.6. The maximum absolute atomic E-state index is 13.6. The lowest BCUT2D eigenvalue weighted by Gasteiger charge is -2.27. The molecule has 0 saturated heterocycles. The van der Waals surface area contributed by atoms with Crippen molar-refractivity contribution in [1.82, 2.24) is 5.32 Å². The molecule has 3 unspecified atom stereocenters. The molecule has 9 nitrogen and oxygen atoms in total. The monoisotopic (exact) mass is 1240 g/mol. The van der Waals surface area contributed by atoms with Crippen LogP contribution in [0, 0.1) is 0 Å². The minimum Gasteiger partial charge on any atom is -0.456 e. The number of quaternary nitrogens is 1. The molecule has 504 valence electrons. The number of amides is 1. The molecule has 87 heavy (non-hydrogen) atoms. The van der Waals surface area contributed by atoms with Gasteiger partial charge in [-0.25, -0.2) is 4.57 Å². The highest BCUT2D eigenvalue weighted by atomic mass is 31.2. The summed E-state index contributed by atoms with van der Waals surface area (Å²) in [6.07, 6.45) is 89.9. The highest BCUT2D eigenvalue weighted by molar-refractivity contribution is 7.47. The van der Waals surface area contributed by atoms with Crippen LogP contribution in [0.15, 0.2) is 97.2 Å². The van der Waals surface area contributed by atoms with E-state index in [-0.39, 0.29) is 31.5 Å². The van der Waals surface area contributed by atoms with Crippen LogP contribution in [-0.2, 0) is 27.9 Å². The van der Waals surface area contributed by atoms with Gasteiger partial charge in [0.15, 0.2) is 0 Å². The van der Waals surface area contributed by atoms with Crippen LogP contribution in [0.1, 0.15) is 329 Å². The van der Waals surface area contributed by atoms with E-state index in [2.05, 4.69) is 111 Å². The normalized spacial score (nSPS) is 14.1. The second kappa shape index (κ2) is 65.9. The van der Waals surface area contributed by atoms with Crippen LogP contribution in [-0.4, -0.2) is 74.3 Å². The van der Waals surface area contributed by atoms with E-state index in [9.17, 15) is 19.0 Å². The van der Waals surface area contributed by atoms with Gasteiger partial charge in [0, 0.05) is 12.8 Å². The lowest BCUT2D eigenvalue weighted by molar-refractivity contribution is -0.870. The second-order valence-electron chi connectivity index (χ2n) is 25.8. The third kappa shape index (κ3) is 67.2. The largest absolute Gasteiger partial charge is 0.472 e. The summed E-state index contributed by atoms with van der Waals surface area (Å²) < 4.78 is 30.8. The molecular weight excluding hydrogens is 1100 g/mol. The van der Waals surface area contributed by atoms with Crippen molar-refractivity contribution < 1.29 is 37.3 Å². The van der Waals surface area contributed by atoms with Gasteiger partial charge in [-0.15, -0.1) is 0 Å². The van der Waals surface area contributed by atoms with Crippen molar-refractivity contribution in [3.63, 3.8) is 0 Å². The Hall–Kier alpha value is -3.07. The molecule has 0 rings (SSSR count). The zero-order chi connectivity index (χ0) is 63.5. The van der Waals surface area contributed by atoms with Gasteiger partial charge in [0.25, 0.3) is 0 Å². The fraction of sp³-hybridized carbons (Fsp3) is 0.766. The summed E-state index contributed by atoms with van der Waals surface area (Å²) in [5, 5.41) is 3.07. The molecule has 1 amide bonds. The second-order valence-corrected chi connectivity index (χ2v) is 27.2. The first kappa shape index (κ1) is 83.9. The number of ether oxygens (including phenoxy) is 1. The molecule has 0 spiro atoms. The first-order valence-corrected chi connectivity index (χ1v) is 38.1. The Morgan fingerprint density at radius 2 is 0.701 bits per heavy atom. The van der Waals surface area contributed by atoms with E-state index in [0.717, 1.165) is 103 Å². The van der Waals surface area contributed by atoms with E-state index in [1.165, 1.54) is 193 Å². The Morgan fingerprint density at radius 3 is 1.07 bits per heavy atom. The van der Waals surface area contributed by atoms with Gasteiger partial charge in [-0.2, -0.15) is 0 Å². The molecule has 0 aromatic rings. The third-order valence-corrected chi connectivity index (χ3v) is 17.0. The Labute approximate surface area is 538 Å². The summed E-state index contributed by atoms with van der Waals surface area (Å²) in [5.74, 6) is -0.514. The van der Waals surface area contributed by atoms with E-state index in [4.69, 9.17) is 13.8 Å². The molecule has 10 heteroatoms. The number of hydrogen-bond acceptors (Lipinski definition) is 6. The van der Waals surface area contributed by atoms with Gasteiger partial charge in [0.1, 0.15) is 19.3 Å². The van der Waals surface area contributed by atoms with Crippen molar-refractivity contribution in [2.45, 2.75) is 341 Å². The number of phosphoric ester groups is 1. The molecule has 0 aliphatic heterocycles. The predicted octanol–water partition coefficient (Wildman–Crippen LogP) is 23.5. The SMILES string of the molecule is CCCCC/C=C\C/C=C\C/C=C\C/C=C\CCCCCCCCCC(=O)OC(/C=C\CCCCCCCCCCC)C(COP(=O)(O)OCC[N+](C)(C)C)NC(=O)CCCCCCCCCCCCCCCC/C=C\C/C=C\C/C=C\CCCCC. The van der Waals surface area contributed by atoms with Crippen LogP contribution in [0.2, 0.25) is 0 Å². The fourth-order valence-electron chi connectivity index (χ4n) is 10.3. The number of likely N-dealkylation sites (N-methyl/N-ethyl adjacent to an activating group) is 1. The van der Waals surface area contributed by atoms with Gasteiger partial charge in [-0.3, -0.25) is 18.6 Å². The Kier molecular flexibility index (Phi) is 63.5. The molecular formula is C77H140N2O7P+. The maximum Gasteiger partial charge on any atom is 0.472 e. The number of hydrogen-bond donors (Lipinski definition) is 2. The Bertz CT molecular complexity index is 1810. The van der Waals surface area contributed by atoms with E-state index < -0.39 is 20.0 Å². The summed E-state index contributed by atoms with van der Waals surface area (Å²) >= 11 is 0. The topological polar surface area (TPSA) is 111 Å². The molecule has 0 aliphatic carbocycles. The first-order valence-electron chi connectivity index (χ1n) is 36.6. The van der Waals surface area contributed by atoms with Crippen molar-refractivity contribution in [3.8, 4) is 0 Å². The Balaban J connectivity index is 5.01. The van der Waals surface area contributed by atoms with Gasteiger partial charge in [-0.1, -0.05) is 298 Å². The number of carbonyl (C=O) groups excluding carboxylic acids is 2. The molecule has 0 heterocycles. The molecule has 0 aromatic carbocycles. The van der Waals surface area contributed by atoms with Gasteiger partial charge in [0.05, 0.1) is 33.8 Å². The standard InChI is InChI=1S/C77H139N2O7P/c1-7-10-13-16-19-22-25-27-29-31-33-35-37-38-39-40-42-43-45-47-49-51-54-57-60-63-66-69-76(80)78-74(73-85-87(82,83)84-72-71-79(4,5)6)75(68-65-62-59-56-53-24-21-18-15-12-9-3)86-77(81)70-67-64-61-58-55-52-50-48-46-44-41-36-34-32-30-28-26-23-20-17-14-11-8-2/h19-20,22-23,27-30,33-36,44,46,65,68,74-75H,7-18,21,24-26,31-32,37-43,45,47-64,66-67,69-73H2,1-6H3,(H-,78,80,82,83)/p+1/b22-19-,23-20-,29-27-,30-28-,35-33-,36-34-,46-44-,68-65-. The minimum atomic E-state index is -4.46. The van der Waals surface area contributed by atoms with E-state index in [0.29, 0.717) is 17.4 Å². The van der Waals surface area contributed by atoms with Crippen LogP contribution in [0.5, 0.6) is 0 Å². The summed E-state index contributed by atoms with van der Waals surface area (Å²) in [4.78, 5) is 37.9. The third-order valence-electron chi connectivity index (χ3n) is 16.0. The van der Waals surface area contributed by atoms with Crippen molar-refractivity contribution in [1.29, 1.82) is 0 Å². The number of rotatable bonds is 66. The Morgan fingerprint density at radius 1 is 0.402 bits per heavy atom. The van der Waals surface area contributed by atoms with E-state index in [1.807, 2.05) is 33.3 Å². The number of nitrogens with one attached hydrogen (secondary N) is 1. The molecule has 0 aliphatic rings. The number of unbranched alkanes of at least 4 members (excludes halogenated alkanes) is 36. The molecule has 0 radical (unpaired) electrons. The average molecular weight is 1240 g/mol. The van der Waals surface area contributed by atoms with Crippen molar-refractivity contribution in [2.75, 3.05) is 40.9 Å². The average Bonchev–Trinajstić information content (AvgIpc) is 3.70. The summed E-state index contributed by atoms with van der Waals surface area (Å²) in [6.45, 7) is 6.97. The highest BCUT2D eigenvalue weighted by Gasteiger charge is 2.30. The summed E-state index contributed by atoms with van der Waals surface area (Å²) in [7, 11) is 1.49. The zero-order valence-electron chi connectivity index (χ0n) is 57.7. The molecule has 0 aromatic heterocycles. The smallest absolute Gasteiger partial charge is 0.456 e. The first-order chi connectivity index (χ1) is 42.4. The lowest BCUT2D eigenvalue weighted by Crippen LogP contribution is -2.47. The molecule has 2 N–H and O–H groups in total. The lowest BCUT2D eigenvalue weighted by atomic mass is 10.0. The number of allylic oxidation sites excluding steroid dienone is 15. The van der Waals surface area contributed by atoms with Crippen LogP contribution in [0.25, 0.3) is 0 Å². The van der Waals surface area contributed by atoms with E-state index in [1.54, 1.807) is 0 Å². The molecule has 0 saturated carbocycles. The number of nitrogens with zero attached hydrogens (tertiary/aromatic N) is 1. The summed E-state index contributed by atoms with van der Waals surface area (Å²) in [6, 6.07) is -0.859. The van der Waals surface area contributed by atoms with Crippen LogP contribution in [0.3, 0.4) is 0 Å². The quantitative estimate of drug-likeness (QED) is 0.0205. The maximum atomic E-state index is 13.6. The predicted molar refractivity (Wildman–Crippen MR) is 378 cm³/mol. The highest BCUT2D eigenvalue weighted by Crippen LogP contribution is 2.43. The van der Waals surface area contributed by atoms with Gasteiger partial charge in [-0.05, 0) is 115 Å². The number of carbonyl (C=O) groups is 2.